The van der Waals surface area contributed by atoms with Crippen molar-refractivity contribution in [2.45, 2.75) is 19.6 Å². The number of nitrogens with zero attached hydrogens (tertiary/aromatic N) is 2. The maximum atomic E-state index is 5.75. The lowest BCUT2D eigenvalue weighted by Crippen LogP contribution is -2.20. The summed E-state index contributed by atoms with van der Waals surface area (Å²) in [6, 6.07) is 32.8. The van der Waals surface area contributed by atoms with Gasteiger partial charge in [0.1, 0.15) is 12.4 Å². The smallest absolute Gasteiger partial charge is 0.119 e. The van der Waals surface area contributed by atoms with Gasteiger partial charge in [0.05, 0.1) is 0 Å². The number of benzene rings is 3. The van der Waals surface area contributed by atoms with E-state index in [-0.39, 0.29) is 0 Å². The van der Waals surface area contributed by atoms with Gasteiger partial charge in [0.25, 0.3) is 0 Å². The molecule has 0 fully saturated rings. The fourth-order valence-corrected chi connectivity index (χ4v) is 4.41. The highest BCUT2D eigenvalue weighted by Crippen LogP contribution is 2.20. The molecule has 5 aromatic rings. The average Bonchev–Trinajstić information content (AvgIpc) is 3.06. The second-order valence-corrected chi connectivity index (χ2v) is 10.0. The second-order valence-electron chi connectivity index (χ2n) is 9.64. The summed E-state index contributed by atoms with van der Waals surface area (Å²) in [5, 5.41) is 6.65. The van der Waals surface area contributed by atoms with E-state index in [1.54, 1.807) is 0 Å². The van der Waals surface area contributed by atoms with E-state index in [4.69, 9.17) is 22.1 Å². The molecular weight excluding hydrogens is 542 g/mol. The number of pyridine rings is 2. The summed E-state index contributed by atoms with van der Waals surface area (Å²) in [5.74, 6) is 1.49. The normalized spacial score (nSPS) is 10.5. The minimum Gasteiger partial charge on any atom is -0.492 e. The van der Waals surface area contributed by atoms with Crippen molar-refractivity contribution in [3.63, 3.8) is 0 Å². The molecule has 0 radical (unpaired) electrons. The van der Waals surface area contributed by atoms with Gasteiger partial charge in [0, 0.05) is 74.5 Å². The molecule has 0 saturated heterocycles. The van der Waals surface area contributed by atoms with Crippen LogP contribution in [0, 0.1) is 0 Å². The second kappa shape index (κ2) is 17.7. The average molecular weight is 580 g/mol. The molecule has 6 nitrogen and oxygen atoms in total. The summed E-state index contributed by atoms with van der Waals surface area (Å²) < 4.78 is 5.75. The summed E-state index contributed by atoms with van der Waals surface area (Å²) in [6.45, 7) is 4.29. The number of hydrogen-bond donors (Lipinski definition) is 3. The first-order valence-electron chi connectivity index (χ1n) is 14.1. The van der Waals surface area contributed by atoms with Gasteiger partial charge in [-0.25, -0.2) is 0 Å². The van der Waals surface area contributed by atoms with Crippen LogP contribution in [0.4, 0.5) is 0 Å². The Morgan fingerprint density at radius 2 is 1.17 bits per heavy atom. The molecule has 0 saturated carbocycles. The molecule has 0 bridgehead atoms. The maximum absolute atomic E-state index is 5.75. The van der Waals surface area contributed by atoms with Crippen LogP contribution in [-0.4, -0.2) is 35.5 Å². The lowest BCUT2D eigenvalue weighted by atomic mass is 10.1. The number of ether oxygens (including phenoxy) is 1. The summed E-state index contributed by atoms with van der Waals surface area (Å²) >= 11 is 5.62. The minimum absolute atomic E-state index is 0.528. The van der Waals surface area contributed by atoms with Crippen molar-refractivity contribution in [2.24, 2.45) is 5.73 Å². The molecule has 0 aliphatic rings. The Hall–Kier alpha value is -4.07. The lowest BCUT2D eigenvalue weighted by molar-refractivity contribution is 0.313. The Labute approximate surface area is 254 Å². The maximum Gasteiger partial charge on any atom is 0.119 e. The molecular formula is C35H38ClN5O. The largest absolute Gasteiger partial charge is 0.492 e. The number of nitrogens with two attached hydrogens (primary N) is 1. The van der Waals surface area contributed by atoms with E-state index < -0.39 is 0 Å². The number of aromatic nitrogens is 2. The Morgan fingerprint density at radius 1 is 0.595 bits per heavy atom. The predicted molar refractivity (Wildman–Crippen MR) is 173 cm³/mol. The minimum atomic E-state index is 0.528. The zero-order chi connectivity index (χ0) is 29.2. The van der Waals surface area contributed by atoms with Gasteiger partial charge in [-0.05, 0) is 52.1 Å². The van der Waals surface area contributed by atoms with Gasteiger partial charge in [-0.3, -0.25) is 9.97 Å². The highest BCUT2D eigenvalue weighted by atomic mass is 35.5. The standard InChI is InChI=1S/C21H23N3O.C14H15ClN2/c22-13-17-5-4-8-21(12-17)25-10-9-23-14-18-11-20(16-24-15-18)19-6-2-1-3-7-19;15-6-7-16-9-12-8-14(11-17-10-12)13-4-2-1-3-5-13/h1-8,11-12,15-16,23H,9-10,13-14,22H2;1-5,8,10-11,16H,6-7,9H2. The number of halogens is 1. The monoisotopic (exact) mass is 579 g/mol. The topological polar surface area (TPSA) is 85.1 Å². The highest BCUT2D eigenvalue weighted by molar-refractivity contribution is 6.18. The van der Waals surface area contributed by atoms with Crippen LogP contribution < -0.4 is 21.1 Å². The molecule has 0 aliphatic carbocycles. The molecule has 0 amide bonds. The molecule has 0 atom stereocenters. The van der Waals surface area contributed by atoms with Crippen LogP contribution in [0.25, 0.3) is 22.3 Å². The molecule has 2 aromatic heterocycles. The first kappa shape index (κ1) is 30.9. The van der Waals surface area contributed by atoms with Gasteiger partial charge in [-0.2, -0.15) is 0 Å². The molecule has 3 aromatic carbocycles. The van der Waals surface area contributed by atoms with Crippen molar-refractivity contribution in [1.82, 2.24) is 20.6 Å². The van der Waals surface area contributed by atoms with Crippen molar-refractivity contribution in [2.75, 3.05) is 25.6 Å². The Morgan fingerprint density at radius 3 is 1.71 bits per heavy atom. The van der Waals surface area contributed by atoms with Crippen molar-refractivity contribution < 1.29 is 4.74 Å². The van der Waals surface area contributed by atoms with Crippen LogP contribution in [0.2, 0.25) is 0 Å². The SMILES string of the molecule is ClCCNCc1cncc(-c2ccccc2)c1.NCc1cccc(OCCNCc2cncc(-c3ccccc3)c2)c1. The molecule has 0 aliphatic heterocycles. The summed E-state index contributed by atoms with van der Waals surface area (Å²) in [6.07, 6.45) is 7.56. The molecule has 0 unspecified atom stereocenters. The third-order valence-corrected chi connectivity index (χ3v) is 6.60. The van der Waals surface area contributed by atoms with Gasteiger partial charge >= 0.3 is 0 Å². The molecule has 7 heteroatoms. The zero-order valence-corrected chi connectivity index (χ0v) is 24.5. The fraction of sp³-hybridized carbons (Fsp3) is 0.200. The predicted octanol–water partition coefficient (Wildman–Crippen LogP) is 6.45. The Bertz CT molecular complexity index is 1470. The van der Waals surface area contributed by atoms with Crippen LogP contribution in [0.15, 0.2) is 122 Å². The Balaban J connectivity index is 0.000000208. The van der Waals surface area contributed by atoms with E-state index in [2.05, 4.69) is 57.0 Å². The molecule has 4 N–H and O–H groups in total. The van der Waals surface area contributed by atoms with Crippen molar-refractivity contribution in [1.29, 1.82) is 0 Å². The Kier molecular flexibility index (Phi) is 13.0. The number of hydrogen-bond acceptors (Lipinski definition) is 6. The zero-order valence-electron chi connectivity index (χ0n) is 23.8. The van der Waals surface area contributed by atoms with Gasteiger partial charge in [0.15, 0.2) is 0 Å². The number of nitrogens with one attached hydrogen (secondary N) is 2. The molecule has 42 heavy (non-hydrogen) atoms. The third kappa shape index (κ3) is 10.4. The van der Waals surface area contributed by atoms with Crippen molar-refractivity contribution >= 4 is 11.6 Å². The summed E-state index contributed by atoms with van der Waals surface area (Å²) in [5.41, 5.74) is 13.7. The van der Waals surface area contributed by atoms with Crippen LogP contribution in [0.5, 0.6) is 5.75 Å². The lowest BCUT2D eigenvalue weighted by Gasteiger charge is -2.09. The van der Waals surface area contributed by atoms with Crippen LogP contribution in [0.3, 0.4) is 0 Å². The molecule has 216 valence electrons. The van der Waals surface area contributed by atoms with Crippen molar-refractivity contribution in [3.05, 3.63) is 139 Å². The van der Waals surface area contributed by atoms with E-state index in [1.165, 1.54) is 16.7 Å². The summed E-state index contributed by atoms with van der Waals surface area (Å²) in [7, 11) is 0. The highest BCUT2D eigenvalue weighted by Gasteiger charge is 2.01. The fourth-order valence-electron chi connectivity index (χ4n) is 4.28. The molecule has 2 heterocycles. The van der Waals surface area contributed by atoms with Crippen LogP contribution >= 0.6 is 11.6 Å². The van der Waals surface area contributed by atoms with Crippen molar-refractivity contribution in [3.8, 4) is 28.0 Å². The first-order chi connectivity index (χ1) is 20.7. The van der Waals surface area contributed by atoms with E-state index >= 15 is 0 Å². The van der Waals surface area contributed by atoms with Gasteiger partial charge in [0.2, 0.25) is 0 Å². The number of rotatable bonds is 13. The van der Waals surface area contributed by atoms with Crippen LogP contribution in [0.1, 0.15) is 16.7 Å². The van der Waals surface area contributed by atoms with Gasteiger partial charge in [-0.15, -0.1) is 11.6 Å². The quantitative estimate of drug-likeness (QED) is 0.110. The molecule has 0 spiro atoms. The van der Waals surface area contributed by atoms with Gasteiger partial charge in [-0.1, -0.05) is 72.8 Å². The van der Waals surface area contributed by atoms with E-state index in [0.717, 1.165) is 54.2 Å². The van der Waals surface area contributed by atoms with Crippen LogP contribution in [-0.2, 0) is 19.6 Å². The van der Waals surface area contributed by atoms with E-state index in [0.29, 0.717) is 19.0 Å². The molecule has 5 rings (SSSR count). The third-order valence-electron chi connectivity index (χ3n) is 6.42. The summed E-state index contributed by atoms with van der Waals surface area (Å²) in [4.78, 5) is 8.61. The van der Waals surface area contributed by atoms with E-state index in [1.807, 2.05) is 85.5 Å². The van der Waals surface area contributed by atoms with Gasteiger partial charge < -0.3 is 21.1 Å². The first-order valence-corrected chi connectivity index (χ1v) is 14.7. The van der Waals surface area contributed by atoms with E-state index in [9.17, 15) is 0 Å². The number of alkyl halides is 1.